The third-order valence-electron chi connectivity index (χ3n) is 6.90. The van der Waals surface area contributed by atoms with Crippen molar-refractivity contribution in [2.75, 3.05) is 0 Å². The molecule has 41 heavy (non-hydrogen) atoms. The molecule has 0 spiro atoms. The fraction of sp³-hybridized carbons (Fsp3) is 0.194. The third-order valence-corrected chi connectivity index (χ3v) is 7.43. The summed E-state index contributed by atoms with van der Waals surface area (Å²) in [6.07, 6.45) is 5.56. The van der Waals surface area contributed by atoms with E-state index in [1.807, 2.05) is 66.9 Å². The highest BCUT2D eigenvalue weighted by molar-refractivity contribution is 7.00. The van der Waals surface area contributed by atoms with Crippen LogP contribution in [0.25, 0.3) is 44.7 Å². The fourth-order valence-electron chi connectivity index (χ4n) is 4.90. The predicted octanol–water partition coefficient (Wildman–Crippen LogP) is 5.15. The molecule has 3 aromatic heterocycles. The standard InChI is InChI=1S/C31H26N5O4S/c37-24-16-17-25(38)36(24)40-26(39)15-7-8-18-35-19-9-14-23(20-35)28-27(21-10-3-1-4-11-21)30-31(34-41-33-30)29(32-28)22-12-5-2-6-13-22/h1-6,9-14,19-20H,7-8,15-18H2/q+1. The molecule has 0 radical (unpaired) electrons. The third kappa shape index (κ3) is 5.59. The average molecular weight is 565 g/mol. The van der Waals surface area contributed by atoms with Crippen molar-refractivity contribution >= 4 is 40.5 Å². The molecule has 204 valence electrons. The van der Waals surface area contributed by atoms with Crippen LogP contribution in [0.1, 0.15) is 32.1 Å². The number of amides is 2. The zero-order chi connectivity index (χ0) is 28.2. The van der Waals surface area contributed by atoms with E-state index in [1.165, 1.54) is 11.7 Å². The van der Waals surface area contributed by atoms with Crippen LogP contribution in [-0.2, 0) is 25.8 Å². The van der Waals surface area contributed by atoms with Crippen molar-refractivity contribution in [2.45, 2.75) is 38.6 Å². The molecule has 0 bridgehead atoms. The molecule has 1 saturated heterocycles. The smallest absolute Gasteiger partial charge is 0.330 e. The number of aryl methyl sites for hydroxylation is 1. The number of pyridine rings is 2. The van der Waals surface area contributed by atoms with Gasteiger partial charge in [-0.2, -0.15) is 8.75 Å². The van der Waals surface area contributed by atoms with E-state index < -0.39 is 17.8 Å². The average Bonchev–Trinajstić information content (AvgIpc) is 3.62. The van der Waals surface area contributed by atoms with Gasteiger partial charge in [-0.05, 0) is 18.1 Å². The molecule has 1 aliphatic heterocycles. The largest absolute Gasteiger partial charge is 0.333 e. The molecular weight excluding hydrogens is 538 g/mol. The second kappa shape index (κ2) is 11.7. The number of imide groups is 1. The highest BCUT2D eigenvalue weighted by Gasteiger charge is 2.32. The minimum atomic E-state index is -0.581. The van der Waals surface area contributed by atoms with Gasteiger partial charge in [0.2, 0.25) is 0 Å². The number of rotatable bonds is 9. The first kappa shape index (κ1) is 26.4. The maximum atomic E-state index is 12.2. The van der Waals surface area contributed by atoms with Crippen molar-refractivity contribution in [3.8, 4) is 33.6 Å². The van der Waals surface area contributed by atoms with Gasteiger partial charge in [0.1, 0.15) is 23.3 Å². The number of carbonyl (C=O) groups is 3. The summed E-state index contributed by atoms with van der Waals surface area (Å²) in [6, 6.07) is 24.1. The number of nitrogens with zero attached hydrogens (tertiary/aromatic N) is 5. The van der Waals surface area contributed by atoms with Gasteiger partial charge < -0.3 is 4.84 Å². The lowest BCUT2D eigenvalue weighted by molar-refractivity contribution is -0.696. The first-order chi connectivity index (χ1) is 20.1. The lowest BCUT2D eigenvalue weighted by Crippen LogP contribution is -2.33. The van der Waals surface area contributed by atoms with Crippen LogP contribution in [0.3, 0.4) is 0 Å². The molecule has 9 nitrogen and oxygen atoms in total. The minimum Gasteiger partial charge on any atom is -0.330 e. The van der Waals surface area contributed by atoms with Gasteiger partial charge in [-0.15, -0.1) is 5.06 Å². The fourth-order valence-corrected chi connectivity index (χ4v) is 5.45. The Balaban J connectivity index is 1.26. The molecule has 4 heterocycles. The van der Waals surface area contributed by atoms with Gasteiger partial charge in [-0.3, -0.25) is 9.59 Å². The van der Waals surface area contributed by atoms with Crippen LogP contribution in [-0.4, -0.2) is 36.6 Å². The number of carbonyl (C=O) groups excluding carboxylic acids is 3. The summed E-state index contributed by atoms with van der Waals surface area (Å²) in [4.78, 5) is 45.6. The van der Waals surface area contributed by atoms with E-state index in [2.05, 4.69) is 27.3 Å². The molecule has 0 atom stereocenters. The van der Waals surface area contributed by atoms with Crippen LogP contribution in [0.4, 0.5) is 0 Å². The number of hydrogen-bond acceptors (Lipinski definition) is 8. The Morgan fingerprint density at radius 1 is 0.805 bits per heavy atom. The number of benzene rings is 2. The molecule has 2 amide bonds. The summed E-state index contributed by atoms with van der Waals surface area (Å²) < 4.78 is 11.4. The number of hydrogen-bond donors (Lipinski definition) is 0. The van der Waals surface area contributed by atoms with Crippen LogP contribution < -0.4 is 4.57 Å². The van der Waals surface area contributed by atoms with Crippen molar-refractivity contribution in [3.63, 3.8) is 0 Å². The maximum Gasteiger partial charge on any atom is 0.333 e. The van der Waals surface area contributed by atoms with Gasteiger partial charge in [-0.1, -0.05) is 60.7 Å². The molecule has 0 saturated carbocycles. The Morgan fingerprint density at radius 2 is 1.46 bits per heavy atom. The van der Waals surface area contributed by atoms with Crippen LogP contribution >= 0.6 is 11.7 Å². The van der Waals surface area contributed by atoms with Crippen molar-refractivity contribution in [2.24, 2.45) is 0 Å². The Bertz CT molecular complexity index is 1720. The highest BCUT2D eigenvalue weighted by Crippen LogP contribution is 2.39. The molecule has 1 fully saturated rings. The molecule has 0 N–H and O–H groups in total. The molecule has 6 rings (SSSR count). The monoisotopic (exact) mass is 564 g/mol. The second-order valence-electron chi connectivity index (χ2n) is 9.71. The molecule has 5 aromatic rings. The summed E-state index contributed by atoms with van der Waals surface area (Å²) >= 11 is 1.18. The maximum absolute atomic E-state index is 12.2. The summed E-state index contributed by atoms with van der Waals surface area (Å²) in [6.45, 7) is 0.662. The Kier molecular flexibility index (Phi) is 7.55. The number of fused-ring (bicyclic) bond motifs is 1. The van der Waals surface area contributed by atoms with Gasteiger partial charge in [0, 0.05) is 42.9 Å². The van der Waals surface area contributed by atoms with Crippen LogP contribution in [0, 0.1) is 0 Å². The van der Waals surface area contributed by atoms with Crippen LogP contribution in [0.15, 0.2) is 85.2 Å². The summed E-state index contributed by atoms with van der Waals surface area (Å²) in [7, 11) is 0. The Morgan fingerprint density at radius 3 is 2.20 bits per heavy atom. The van der Waals surface area contributed by atoms with Crippen LogP contribution in [0.5, 0.6) is 0 Å². The molecule has 2 aromatic carbocycles. The van der Waals surface area contributed by atoms with E-state index in [0.717, 1.165) is 44.7 Å². The highest BCUT2D eigenvalue weighted by atomic mass is 32.1. The van der Waals surface area contributed by atoms with Gasteiger partial charge in [0.15, 0.2) is 12.4 Å². The number of hydroxylamine groups is 2. The lowest BCUT2D eigenvalue weighted by atomic mass is 9.96. The quantitative estimate of drug-likeness (QED) is 0.138. The Labute approximate surface area is 240 Å². The Hall–Kier alpha value is -4.83. The number of aromatic nitrogens is 4. The van der Waals surface area contributed by atoms with Gasteiger partial charge >= 0.3 is 5.97 Å². The summed E-state index contributed by atoms with van der Waals surface area (Å²) in [5.41, 5.74) is 7.03. The van der Waals surface area contributed by atoms with Crippen molar-refractivity contribution in [1.29, 1.82) is 0 Å². The molecular formula is C31H26N5O4S+. The van der Waals surface area contributed by atoms with E-state index in [9.17, 15) is 14.4 Å². The van der Waals surface area contributed by atoms with Crippen molar-refractivity contribution in [1.82, 2.24) is 18.8 Å². The zero-order valence-corrected chi connectivity index (χ0v) is 22.9. The van der Waals surface area contributed by atoms with E-state index in [1.54, 1.807) is 0 Å². The molecule has 1 aliphatic rings. The molecule has 0 aliphatic carbocycles. The van der Waals surface area contributed by atoms with Gasteiger partial charge in [0.05, 0.1) is 23.0 Å². The van der Waals surface area contributed by atoms with Crippen LogP contribution in [0.2, 0.25) is 0 Å². The minimum absolute atomic E-state index is 0.0820. The van der Waals surface area contributed by atoms with Gasteiger partial charge in [-0.25, -0.2) is 14.3 Å². The van der Waals surface area contributed by atoms with E-state index >= 15 is 0 Å². The normalized spacial score (nSPS) is 13.2. The van der Waals surface area contributed by atoms with E-state index in [4.69, 9.17) is 14.2 Å². The zero-order valence-electron chi connectivity index (χ0n) is 22.1. The van der Waals surface area contributed by atoms with Crippen molar-refractivity contribution in [3.05, 3.63) is 85.2 Å². The lowest BCUT2D eigenvalue weighted by Gasteiger charge is -2.13. The van der Waals surface area contributed by atoms with Crippen molar-refractivity contribution < 1.29 is 23.8 Å². The van der Waals surface area contributed by atoms with Gasteiger partial charge in [0.25, 0.3) is 11.8 Å². The second-order valence-corrected chi connectivity index (χ2v) is 10.2. The first-order valence-corrected chi connectivity index (χ1v) is 14.1. The first-order valence-electron chi connectivity index (χ1n) is 13.4. The number of unbranched alkanes of at least 4 members (excludes halogenated alkanes) is 1. The predicted molar refractivity (Wildman–Crippen MR) is 153 cm³/mol. The molecule has 0 unspecified atom stereocenters. The molecule has 10 heteroatoms. The SMILES string of the molecule is O=C(CCCC[n+]1cccc(-c2nc(-c3ccccc3)c3nsnc3c2-c2ccccc2)c1)ON1C(=O)CCC1=O. The summed E-state index contributed by atoms with van der Waals surface area (Å²) in [5.74, 6) is -1.52. The summed E-state index contributed by atoms with van der Waals surface area (Å²) in [5, 5.41) is 0.594. The van der Waals surface area contributed by atoms with E-state index in [0.29, 0.717) is 24.4 Å². The topological polar surface area (TPSA) is 106 Å². The van der Waals surface area contributed by atoms with E-state index in [-0.39, 0.29) is 19.3 Å².